The molecule has 20 heavy (non-hydrogen) atoms. The zero-order valence-corrected chi connectivity index (χ0v) is 13.4. The summed E-state index contributed by atoms with van der Waals surface area (Å²) in [5, 5.41) is 7.82. The van der Waals surface area contributed by atoms with Crippen LogP contribution >= 0.6 is 22.7 Å². The Bertz CT molecular complexity index is 534. The van der Waals surface area contributed by atoms with Crippen molar-refractivity contribution in [3.63, 3.8) is 0 Å². The van der Waals surface area contributed by atoms with E-state index in [-0.39, 0.29) is 5.97 Å². The highest BCUT2D eigenvalue weighted by Gasteiger charge is 2.08. The van der Waals surface area contributed by atoms with Crippen molar-refractivity contribution in [3.8, 4) is 0 Å². The van der Waals surface area contributed by atoms with Crippen LogP contribution in [-0.4, -0.2) is 19.1 Å². The molecule has 0 aliphatic rings. The molecule has 0 bridgehead atoms. The average molecular weight is 309 g/mol. The van der Waals surface area contributed by atoms with Crippen molar-refractivity contribution in [1.29, 1.82) is 0 Å². The first-order valence-corrected chi connectivity index (χ1v) is 8.32. The molecule has 0 saturated heterocycles. The van der Waals surface area contributed by atoms with Crippen LogP contribution in [-0.2, 0) is 28.9 Å². The number of carbonyl (C=O) groups excluding carboxylic acids is 1. The van der Waals surface area contributed by atoms with Crippen LogP contribution in [0.1, 0.15) is 22.2 Å². The highest BCUT2D eigenvalue weighted by Crippen LogP contribution is 2.17. The molecule has 1 N–H and O–H groups in total. The minimum absolute atomic E-state index is 0.183. The van der Waals surface area contributed by atoms with Gasteiger partial charge in [-0.1, -0.05) is 0 Å². The number of carbonyl (C=O) groups is 1. The van der Waals surface area contributed by atoms with E-state index in [0.29, 0.717) is 12.5 Å². The molecule has 2 aromatic rings. The standard InChI is InChI=1S/C15H19NO2S2/c1-11(7-12-5-6-19-10-12)16-9-14-4-3-13(20-14)8-15(17)18-2/h3-6,10-11,16H,7-9H2,1-2H3. The molecule has 0 fully saturated rings. The topological polar surface area (TPSA) is 38.3 Å². The van der Waals surface area contributed by atoms with Crippen LogP contribution in [0.25, 0.3) is 0 Å². The monoisotopic (exact) mass is 309 g/mol. The van der Waals surface area contributed by atoms with E-state index in [0.717, 1.165) is 17.8 Å². The molecular weight excluding hydrogens is 290 g/mol. The molecular formula is C15H19NO2S2. The summed E-state index contributed by atoms with van der Waals surface area (Å²) in [4.78, 5) is 13.5. The Morgan fingerprint density at radius 1 is 1.35 bits per heavy atom. The molecule has 0 radical (unpaired) electrons. The second-order valence-electron chi connectivity index (χ2n) is 4.74. The van der Waals surface area contributed by atoms with Gasteiger partial charge in [0.15, 0.2) is 0 Å². The summed E-state index contributed by atoms with van der Waals surface area (Å²) >= 11 is 3.40. The predicted molar refractivity (Wildman–Crippen MR) is 84.4 cm³/mol. The Balaban J connectivity index is 1.77. The van der Waals surface area contributed by atoms with Gasteiger partial charge in [0.2, 0.25) is 0 Å². The van der Waals surface area contributed by atoms with Gasteiger partial charge in [-0.05, 0) is 47.9 Å². The molecule has 0 aromatic carbocycles. The van der Waals surface area contributed by atoms with E-state index in [9.17, 15) is 4.79 Å². The van der Waals surface area contributed by atoms with Crippen molar-refractivity contribution >= 4 is 28.6 Å². The summed E-state index contributed by atoms with van der Waals surface area (Å²) < 4.78 is 4.67. The molecule has 3 nitrogen and oxygen atoms in total. The van der Waals surface area contributed by atoms with Gasteiger partial charge in [0.25, 0.3) is 0 Å². The molecule has 2 rings (SSSR count). The number of ether oxygens (including phenoxy) is 1. The van der Waals surface area contributed by atoms with Crippen LogP contribution in [0.2, 0.25) is 0 Å². The number of thiophene rings is 2. The van der Waals surface area contributed by atoms with Crippen molar-refractivity contribution in [1.82, 2.24) is 5.32 Å². The number of esters is 1. The normalized spacial score (nSPS) is 12.3. The highest BCUT2D eigenvalue weighted by molar-refractivity contribution is 7.12. The van der Waals surface area contributed by atoms with Crippen molar-refractivity contribution in [3.05, 3.63) is 44.3 Å². The summed E-state index contributed by atoms with van der Waals surface area (Å²) in [6.45, 7) is 3.04. The number of rotatable bonds is 7. The molecule has 2 heterocycles. The van der Waals surface area contributed by atoms with Gasteiger partial charge < -0.3 is 10.1 Å². The summed E-state index contributed by atoms with van der Waals surface area (Å²) in [7, 11) is 1.42. The summed E-state index contributed by atoms with van der Waals surface area (Å²) in [5.74, 6) is -0.183. The second kappa shape index (κ2) is 7.57. The fraction of sp³-hybridized carbons (Fsp3) is 0.400. The molecule has 0 aliphatic heterocycles. The third kappa shape index (κ3) is 4.74. The van der Waals surface area contributed by atoms with E-state index >= 15 is 0 Å². The summed E-state index contributed by atoms with van der Waals surface area (Å²) in [6.07, 6.45) is 1.41. The lowest BCUT2D eigenvalue weighted by molar-refractivity contribution is -0.139. The van der Waals surface area contributed by atoms with Gasteiger partial charge in [-0.25, -0.2) is 0 Å². The minimum atomic E-state index is -0.183. The minimum Gasteiger partial charge on any atom is -0.469 e. The fourth-order valence-electron chi connectivity index (χ4n) is 1.94. The van der Waals surface area contributed by atoms with Crippen LogP contribution in [0.3, 0.4) is 0 Å². The highest BCUT2D eigenvalue weighted by atomic mass is 32.1. The maximum Gasteiger partial charge on any atom is 0.310 e. The van der Waals surface area contributed by atoms with E-state index in [1.54, 1.807) is 22.7 Å². The Kier molecular flexibility index (Phi) is 5.76. The van der Waals surface area contributed by atoms with Gasteiger partial charge in [0.1, 0.15) is 0 Å². The molecule has 2 aromatic heterocycles. The predicted octanol–water partition coefficient (Wildman–Crippen LogP) is 3.25. The molecule has 1 atom stereocenters. The zero-order chi connectivity index (χ0) is 14.4. The first kappa shape index (κ1) is 15.2. The third-order valence-corrected chi connectivity index (χ3v) is 4.83. The summed E-state index contributed by atoms with van der Waals surface area (Å²) in [6, 6.07) is 6.69. The van der Waals surface area contributed by atoms with Gasteiger partial charge >= 0.3 is 5.97 Å². The van der Waals surface area contributed by atoms with E-state index in [2.05, 4.69) is 39.9 Å². The van der Waals surface area contributed by atoms with Crippen molar-refractivity contribution in [2.24, 2.45) is 0 Å². The lowest BCUT2D eigenvalue weighted by atomic mass is 10.1. The van der Waals surface area contributed by atoms with Crippen LogP contribution in [0.15, 0.2) is 29.0 Å². The Hall–Kier alpha value is -1.17. The largest absolute Gasteiger partial charge is 0.469 e. The van der Waals surface area contributed by atoms with Gasteiger partial charge in [0.05, 0.1) is 13.5 Å². The maximum absolute atomic E-state index is 11.2. The van der Waals surface area contributed by atoms with E-state index < -0.39 is 0 Å². The SMILES string of the molecule is COC(=O)Cc1ccc(CNC(C)Cc2ccsc2)s1. The van der Waals surface area contributed by atoms with Crippen LogP contribution in [0, 0.1) is 0 Å². The lowest BCUT2D eigenvalue weighted by Gasteiger charge is -2.11. The molecule has 0 spiro atoms. The van der Waals surface area contributed by atoms with Gasteiger partial charge in [0, 0.05) is 22.3 Å². The van der Waals surface area contributed by atoms with Crippen molar-refractivity contribution in [2.75, 3.05) is 7.11 Å². The number of hydrogen-bond acceptors (Lipinski definition) is 5. The van der Waals surface area contributed by atoms with Crippen LogP contribution < -0.4 is 5.32 Å². The average Bonchev–Trinajstić information content (AvgIpc) is 3.08. The quantitative estimate of drug-likeness (QED) is 0.798. The first-order chi connectivity index (χ1) is 9.67. The van der Waals surface area contributed by atoms with Crippen LogP contribution in [0.5, 0.6) is 0 Å². The number of hydrogen-bond donors (Lipinski definition) is 1. The van der Waals surface area contributed by atoms with Gasteiger partial charge in [-0.2, -0.15) is 11.3 Å². The van der Waals surface area contributed by atoms with Gasteiger partial charge in [-0.15, -0.1) is 11.3 Å². The smallest absolute Gasteiger partial charge is 0.310 e. The zero-order valence-electron chi connectivity index (χ0n) is 11.7. The second-order valence-corrected chi connectivity index (χ2v) is 6.77. The molecule has 0 saturated carbocycles. The maximum atomic E-state index is 11.2. The summed E-state index contributed by atoms with van der Waals surface area (Å²) in [5.41, 5.74) is 1.38. The number of nitrogens with one attached hydrogen (secondary N) is 1. The van der Waals surface area contributed by atoms with E-state index in [1.165, 1.54) is 17.6 Å². The van der Waals surface area contributed by atoms with Gasteiger partial charge in [-0.3, -0.25) is 4.79 Å². The van der Waals surface area contributed by atoms with E-state index in [1.807, 2.05) is 6.07 Å². The number of methoxy groups -OCH3 is 1. The van der Waals surface area contributed by atoms with Crippen molar-refractivity contribution in [2.45, 2.75) is 32.4 Å². The molecule has 5 heteroatoms. The Morgan fingerprint density at radius 3 is 2.85 bits per heavy atom. The molecule has 1 unspecified atom stereocenters. The molecule has 108 valence electrons. The Labute approximate surface area is 127 Å². The molecule has 0 aliphatic carbocycles. The molecule has 0 amide bonds. The van der Waals surface area contributed by atoms with E-state index in [4.69, 9.17) is 0 Å². The Morgan fingerprint density at radius 2 is 2.15 bits per heavy atom. The van der Waals surface area contributed by atoms with Crippen molar-refractivity contribution < 1.29 is 9.53 Å². The third-order valence-electron chi connectivity index (χ3n) is 3.01. The lowest BCUT2D eigenvalue weighted by Crippen LogP contribution is -2.26. The fourth-order valence-corrected chi connectivity index (χ4v) is 3.57. The first-order valence-electron chi connectivity index (χ1n) is 6.56. The van der Waals surface area contributed by atoms with Crippen LogP contribution in [0.4, 0.5) is 0 Å².